The molecule has 0 radical (unpaired) electrons. The normalized spacial score (nSPS) is 10.5. The maximum absolute atomic E-state index is 10.8. The molecule has 1 N–H and O–H groups in total. The van der Waals surface area contributed by atoms with Gasteiger partial charge in [-0.3, -0.25) is 0 Å². The molecule has 0 saturated carbocycles. The van der Waals surface area contributed by atoms with Crippen molar-refractivity contribution >= 4 is 17.6 Å². The largest absolute Gasteiger partial charge is 0.496 e. The molecule has 0 aliphatic heterocycles. The van der Waals surface area contributed by atoms with Gasteiger partial charge in [0.05, 0.1) is 7.11 Å². The van der Waals surface area contributed by atoms with E-state index in [9.17, 15) is 4.79 Å². The topological polar surface area (TPSA) is 72.6 Å². The van der Waals surface area contributed by atoms with Gasteiger partial charge in [-0.1, -0.05) is 23.7 Å². The Bertz CT molecular complexity index is 621. The summed E-state index contributed by atoms with van der Waals surface area (Å²) < 4.78 is 10.3. The number of aromatic carboxylic acids is 1. The number of methoxy groups -OCH3 is 1. The SMILES string of the molecule is CCc1c(Cl)cc(-c2cc(C(=O)O)no2)cc1OC. The summed E-state index contributed by atoms with van der Waals surface area (Å²) in [6.45, 7) is 1.97. The number of hydrogen-bond acceptors (Lipinski definition) is 4. The third-order valence-electron chi connectivity index (χ3n) is 2.74. The molecule has 5 nitrogen and oxygen atoms in total. The average Bonchev–Trinajstić information content (AvgIpc) is 2.87. The van der Waals surface area contributed by atoms with Gasteiger partial charge in [0.15, 0.2) is 11.5 Å². The van der Waals surface area contributed by atoms with E-state index >= 15 is 0 Å². The van der Waals surface area contributed by atoms with E-state index in [-0.39, 0.29) is 5.69 Å². The van der Waals surface area contributed by atoms with Crippen molar-refractivity contribution in [2.75, 3.05) is 7.11 Å². The summed E-state index contributed by atoms with van der Waals surface area (Å²) in [4.78, 5) is 10.8. The van der Waals surface area contributed by atoms with E-state index in [1.807, 2.05) is 6.92 Å². The second-order valence-corrected chi connectivity index (χ2v) is 4.28. The van der Waals surface area contributed by atoms with Gasteiger partial charge >= 0.3 is 5.97 Å². The highest BCUT2D eigenvalue weighted by atomic mass is 35.5. The fourth-order valence-corrected chi connectivity index (χ4v) is 2.14. The Morgan fingerprint density at radius 1 is 1.47 bits per heavy atom. The van der Waals surface area contributed by atoms with Gasteiger partial charge in [0.25, 0.3) is 0 Å². The molecule has 0 bridgehead atoms. The van der Waals surface area contributed by atoms with Crippen molar-refractivity contribution in [2.45, 2.75) is 13.3 Å². The van der Waals surface area contributed by atoms with Crippen LogP contribution in [0.4, 0.5) is 0 Å². The minimum absolute atomic E-state index is 0.148. The first-order valence-electron chi connectivity index (χ1n) is 5.63. The average molecular weight is 282 g/mol. The number of carbonyl (C=O) groups is 1. The lowest BCUT2D eigenvalue weighted by atomic mass is 10.1. The van der Waals surface area contributed by atoms with Crippen LogP contribution in [0, 0.1) is 0 Å². The van der Waals surface area contributed by atoms with Crippen molar-refractivity contribution in [3.8, 4) is 17.1 Å². The smallest absolute Gasteiger partial charge is 0.358 e. The van der Waals surface area contributed by atoms with E-state index in [0.717, 1.165) is 12.0 Å². The molecule has 1 aromatic heterocycles. The third-order valence-corrected chi connectivity index (χ3v) is 3.08. The minimum Gasteiger partial charge on any atom is -0.496 e. The maximum atomic E-state index is 10.8. The molecule has 0 fully saturated rings. The van der Waals surface area contributed by atoms with Crippen molar-refractivity contribution < 1.29 is 19.2 Å². The van der Waals surface area contributed by atoms with Gasteiger partial charge in [-0.2, -0.15) is 0 Å². The molecule has 2 rings (SSSR count). The first kappa shape index (κ1) is 13.4. The number of nitrogens with zero attached hydrogens (tertiary/aromatic N) is 1. The van der Waals surface area contributed by atoms with E-state index in [4.69, 9.17) is 26.0 Å². The van der Waals surface area contributed by atoms with E-state index < -0.39 is 5.97 Å². The van der Waals surface area contributed by atoms with Crippen LogP contribution in [0.15, 0.2) is 22.7 Å². The number of carboxylic acid groups (broad SMARTS) is 1. The summed E-state index contributed by atoms with van der Waals surface area (Å²) in [5.41, 5.74) is 1.37. The summed E-state index contributed by atoms with van der Waals surface area (Å²) in [7, 11) is 1.55. The Morgan fingerprint density at radius 3 is 2.74 bits per heavy atom. The number of rotatable bonds is 4. The Morgan fingerprint density at radius 2 is 2.21 bits per heavy atom. The van der Waals surface area contributed by atoms with Crippen LogP contribution in [0.2, 0.25) is 5.02 Å². The zero-order valence-corrected chi connectivity index (χ0v) is 11.2. The number of ether oxygens (including phenoxy) is 1. The zero-order chi connectivity index (χ0) is 14.0. The number of hydrogen-bond donors (Lipinski definition) is 1. The molecule has 19 heavy (non-hydrogen) atoms. The summed E-state index contributed by atoms with van der Waals surface area (Å²) in [6.07, 6.45) is 0.735. The third kappa shape index (κ3) is 2.56. The first-order valence-corrected chi connectivity index (χ1v) is 6.01. The molecule has 0 amide bonds. The molecule has 100 valence electrons. The lowest BCUT2D eigenvalue weighted by molar-refractivity contribution is 0.0686. The van der Waals surface area contributed by atoms with Crippen LogP contribution < -0.4 is 4.74 Å². The predicted octanol–water partition coefficient (Wildman–Crippen LogP) is 3.26. The second-order valence-electron chi connectivity index (χ2n) is 3.87. The van der Waals surface area contributed by atoms with Gasteiger partial charge in [-0.25, -0.2) is 4.79 Å². The minimum atomic E-state index is -1.14. The molecule has 6 heteroatoms. The van der Waals surface area contributed by atoms with Gasteiger partial charge in [-0.05, 0) is 18.6 Å². The molecule has 0 saturated heterocycles. The summed E-state index contributed by atoms with van der Waals surface area (Å²) >= 11 is 6.17. The van der Waals surface area contributed by atoms with E-state index in [0.29, 0.717) is 22.1 Å². The number of benzene rings is 1. The van der Waals surface area contributed by atoms with Gasteiger partial charge < -0.3 is 14.4 Å². The van der Waals surface area contributed by atoms with E-state index in [1.165, 1.54) is 6.07 Å². The Labute approximate surface area is 114 Å². The molecule has 0 unspecified atom stereocenters. The van der Waals surface area contributed by atoms with Crippen LogP contribution in [0.1, 0.15) is 23.0 Å². The van der Waals surface area contributed by atoms with Crippen LogP contribution in [-0.4, -0.2) is 23.3 Å². The zero-order valence-electron chi connectivity index (χ0n) is 10.4. The highest BCUT2D eigenvalue weighted by Gasteiger charge is 2.15. The quantitative estimate of drug-likeness (QED) is 0.931. The van der Waals surface area contributed by atoms with Gasteiger partial charge in [0.1, 0.15) is 5.75 Å². The highest BCUT2D eigenvalue weighted by Crippen LogP contribution is 2.33. The molecule has 2 aromatic rings. The van der Waals surface area contributed by atoms with Crippen LogP contribution in [-0.2, 0) is 6.42 Å². The molecule has 0 aliphatic rings. The van der Waals surface area contributed by atoms with Crippen molar-refractivity contribution in [1.29, 1.82) is 0 Å². The van der Waals surface area contributed by atoms with Crippen molar-refractivity contribution in [2.24, 2.45) is 0 Å². The highest BCUT2D eigenvalue weighted by molar-refractivity contribution is 6.31. The van der Waals surface area contributed by atoms with Crippen molar-refractivity contribution in [1.82, 2.24) is 5.16 Å². The van der Waals surface area contributed by atoms with Gasteiger partial charge in [0.2, 0.25) is 0 Å². The lowest BCUT2D eigenvalue weighted by Crippen LogP contribution is -1.94. The second kappa shape index (κ2) is 5.32. The Hall–Kier alpha value is -2.01. The number of aromatic nitrogens is 1. The number of halogens is 1. The van der Waals surface area contributed by atoms with Crippen molar-refractivity contribution in [3.63, 3.8) is 0 Å². The monoisotopic (exact) mass is 281 g/mol. The molecule has 0 atom stereocenters. The Kier molecular flexibility index (Phi) is 3.76. The molecule has 0 spiro atoms. The van der Waals surface area contributed by atoms with Crippen molar-refractivity contribution in [3.05, 3.63) is 34.5 Å². The fraction of sp³-hybridized carbons (Fsp3) is 0.231. The summed E-state index contributed by atoms with van der Waals surface area (Å²) in [6, 6.07) is 4.80. The lowest BCUT2D eigenvalue weighted by Gasteiger charge is -2.10. The standard InChI is InChI=1S/C13H12ClNO4/c1-3-8-9(14)4-7(5-12(8)18-2)11-6-10(13(16)17)15-19-11/h4-6H,3H2,1-2H3,(H,16,17). The maximum Gasteiger partial charge on any atom is 0.358 e. The fourth-order valence-electron chi connectivity index (χ4n) is 1.79. The van der Waals surface area contributed by atoms with Gasteiger partial charge in [0, 0.05) is 22.2 Å². The molecular formula is C13H12ClNO4. The summed E-state index contributed by atoms with van der Waals surface area (Å²) in [5.74, 6) is -0.170. The molecular weight excluding hydrogens is 270 g/mol. The Balaban J connectivity index is 2.50. The predicted molar refractivity (Wildman–Crippen MR) is 69.8 cm³/mol. The van der Waals surface area contributed by atoms with E-state index in [2.05, 4.69) is 5.16 Å². The van der Waals surface area contributed by atoms with E-state index in [1.54, 1.807) is 19.2 Å². The van der Waals surface area contributed by atoms with Crippen LogP contribution in [0.5, 0.6) is 5.75 Å². The first-order chi connectivity index (χ1) is 9.06. The van der Waals surface area contributed by atoms with Crippen LogP contribution in [0.3, 0.4) is 0 Å². The molecule has 0 aliphatic carbocycles. The number of carboxylic acids is 1. The summed E-state index contributed by atoms with van der Waals surface area (Å²) in [5, 5.41) is 12.8. The van der Waals surface area contributed by atoms with Crippen LogP contribution >= 0.6 is 11.6 Å². The van der Waals surface area contributed by atoms with Crippen LogP contribution in [0.25, 0.3) is 11.3 Å². The molecule has 1 aromatic carbocycles. The molecule has 1 heterocycles. The van der Waals surface area contributed by atoms with Gasteiger partial charge in [-0.15, -0.1) is 0 Å².